The average molecular weight is 446 g/mol. The summed E-state index contributed by atoms with van der Waals surface area (Å²) in [5.74, 6) is -0.368. The number of primary amides is 1. The molecule has 2 unspecified atom stereocenters. The molecule has 3 aliphatic heterocycles. The monoisotopic (exact) mass is 445 g/mol. The number of carbonyl (C=O) groups is 1. The first-order chi connectivity index (χ1) is 14.6. The van der Waals surface area contributed by atoms with E-state index in [-0.39, 0.29) is 5.91 Å². The number of fused-ring (bicyclic) bond motifs is 2. The fourth-order valence-corrected chi connectivity index (χ4v) is 6.62. The number of hydrogen-bond acceptors (Lipinski definition) is 8. The van der Waals surface area contributed by atoms with Crippen molar-refractivity contribution in [1.82, 2.24) is 14.8 Å². The second kappa shape index (κ2) is 8.57. The summed E-state index contributed by atoms with van der Waals surface area (Å²) < 4.78 is 5.44. The van der Waals surface area contributed by atoms with Crippen molar-refractivity contribution in [2.45, 2.75) is 35.8 Å². The van der Waals surface area contributed by atoms with Gasteiger partial charge in [0.15, 0.2) is 0 Å². The van der Waals surface area contributed by atoms with Crippen LogP contribution in [-0.2, 0) is 22.6 Å². The van der Waals surface area contributed by atoms with Crippen molar-refractivity contribution in [2.24, 2.45) is 11.5 Å². The largest absolute Gasteiger partial charge is 0.379 e. The summed E-state index contributed by atoms with van der Waals surface area (Å²) in [5, 5.41) is 2.52. The molecule has 0 aromatic carbocycles. The molecule has 1 fully saturated rings. The number of carbonyl (C=O) groups excluding carboxylic acids is 1. The summed E-state index contributed by atoms with van der Waals surface area (Å²) >= 11 is 3.14. The van der Waals surface area contributed by atoms with Crippen molar-refractivity contribution >= 4 is 29.0 Å². The molecule has 9 heteroatoms. The van der Waals surface area contributed by atoms with Crippen molar-refractivity contribution in [3.8, 4) is 10.4 Å². The number of ether oxygens (including phenoxy) is 1. The van der Waals surface area contributed by atoms with Gasteiger partial charge in [0.25, 0.3) is 0 Å². The minimum absolute atomic E-state index is 0.368. The lowest BCUT2D eigenvalue weighted by Gasteiger charge is -2.27. The highest BCUT2D eigenvalue weighted by molar-refractivity contribution is 8.01. The van der Waals surface area contributed by atoms with E-state index in [2.05, 4.69) is 27.3 Å². The smallest absolute Gasteiger partial charge is 0.232 e. The van der Waals surface area contributed by atoms with Gasteiger partial charge in [0.2, 0.25) is 5.91 Å². The van der Waals surface area contributed by atoms with E-state index < -0.39 is 11.3 Å². The summed E-state index contributed by atoms with van der Waals surface area (Å²) in [7, 11) is 0. The van der Waals surface area contributed by atoms with Gasteiger partial charge in [-0.05, 0) is 30.0 Å². The van der Waals surface area contributed by atoms with Gasteiger partial charge < -0.3 is 16.2 Å². The summed E-state index contributed by atoms with van der Waals surface area (Å²) in [6, 6.07) is 3.79. The van der Waals surface area contributed by atoms with Crippen LogP contribution in [0.4, 0.5) is 0 Å². The van der Waals surface area contributed by atoms with Crippen molar-refractivity contribution < 1.29 is 9.53 Å². The molecule has 4 N–H and O–H groups in total. The molecular weight excluding hydrogens is 418 g/mol. The lowest BCUT2D eigenvalue weighted by molar-refractivity contribution is -0.117. The molecule has 0 spiro atoms. The standard InChI is InChI=1S/C21H27N5O2S2/c22-18-17-16(15-3-1-10-29-15)13-11-26(5-2-4-25-6-8-28-9-7-25)12-14(13)24-21(17)30-19(18)20(23)27/h1,3,10,18-19H,2,4-9,11-12,22H2,(H2,23,27). The molecule has 0 bridgehead atoms. The molecule has 2 aromatic rings. The molecule has 7 nitrogen and oxygen atoms in total. The molecule has 30 heavy (non-hydrogen) atoms. The second-order valence-electron chi connectivity index (χ2n) is 8.09. The zero-order valence-corrected chi connectivity index (χ0v) is 18.5. The maximum Gasteiger partial charge on any atom is 0.232 e. The molecule has 5 rings (SSSR count). The lowest BCUT2D eigenvalue weighted by atomic mass is 9.95. The van der Waals surface area contributed by atoms with Crippen LogP contribution in [0.15, 0.2) is 22.5 Å². The Morgan fingerprint density at radius 1 is 1.23 bits per heavy atom. The van der Waals surface area contributed by atoms with Crippen LogP contribution < -0.4 is 11.5 Å². The molecule has 0 saturated carbocycles. The summed E-state index contributed by atoms with van der Waals surface area (Å²) in [4.78, 5) is 23.0. The predicted octanol–water partition coefficient (Wildman–Crippen LogP) is 1.81. The van der Waals surface area contributed by atoms with E-state index >= 15 is 0 Å². The van der Waals surface area contributed by atoms with Crippen LogP contribution in [0.3, 0.4) is 0 Å². The Balaban J connectivity index is 1.37. The minimum Gasteiger partial charge on any atom is -0.379 e. The molecular formula is C21H27N5O2S2. The quantitative estimate of drug-likeness (QED) is 0.700. The number of thiophene rings is 1. The van der Waals surface area contributed by atoms with E-state index in [1.54, 1.807) is 11.3 Å². The van der Waals surface area contributed by atoms with Crippen molar-refractivity contribution in [3.05, 3.63) is 34.3 Å². The first-order valence-electron chi connectivity index (χ1n) is 10.5. The van der Waals surface area contributed by atoms with Crippen LogP contribution in [0.5, 0.6) is 0 Å². The fraction of sp³-hybridized carbons (Fsp3) is 0.524. The summed E-state index contributed by atoms with van der Waals surface area (Å²) in [6.07, 6.45) is 1.14. The zero-order valence-electron chi connectivity index (χ0n) is 16.9. The Kier molecular flexibility index (Phi) is 5.83. The van der Waals surface area contributed by atoms with Gasteiger partial charge in [0.1, 0.15) is 10.3 Å². The van der Waals surface area contributed by atoms with Gasteiger partial charge in [0, 0.05) is 48.7 Å². The van der Waals surface area contributed by atoms with Gasteiger partial charge in [0.05, 0.1) is 24.9 Å². The predicted molar refractivity (Wildman–Crippen MR) is 119 cm³/mol. The van der Waals surface area contributed by atoms with Gasteiger partial charge in [-0.15, -0.1) is 11.3 Å². The number of amides is 1. The molecule has 2 aromatic heterocycles. The maximum absolute atomic E-state index is 11.9. The summed E-state index contributed by atoms with van der Waals surface area (Å²) in [5.41, 5.74) is 16.7. The van der Waals surface area contributed by atoms with Crippen LogP contribution in [0.1, 0.15) is 29.3 Å². The Morgan fingerprint density at radius 3 is 2.77 bits per heavy atom. The number of morpholine rings is 1. The Labute approximate surface area is 184 Å². The molecule has 5 heterocycles. The summed E-state index contributed by atoms with van der Waals surface area (Å²) in [6.45, 7) is 7.65. The van der Waals surface area contributed by atoms with Crippen LogP contribution in [-0.4, -0.2) is 65.3 Å². The minimum atomic E-state index is -0.446. The van der Waals surface area contributed by atoms with E-state index in [1.807, 2.05) is 0 Å². The number of nitrogens with two attached hydrogens (primary N) is 2. The SMILES string of the molecule is NC(=O)C1Sc2nc3c(c(-c4cccs4)c2C1N)CN(CCCN1CCOCC1)C3. The van der Waals surface area contributed by atoms with Crippen LogP contribution >= 0.6 is 23.1 Å². The first kappa shape index (κ1) is 20.4. The topological polar surface area (TPSA) is 97.7 Å². The molecule has 3 aliphatic rings. The van der Waals surface area contributed by atoms with Gasteiger partial charge >= 0.3 is 0 Å². The first-order valence-corrected chi connectivity index (χ1v) is 12.2. The molecule has 1 amide bonds. The molecule has 0 radical (unpaired) electrons. The third kappa shape index (κ3) is 3.79. The van der Waals surface area contributed by atoms with Crippen molar-refractivity contribution in [1.29, 1.82) is 0 Å². The van der Waals surface area contributed by atoms with Gasteiger partial charge in [-0.25, -0.2) is 4.98 Å². The number of thioether (sulfide) groups is 1. The highest BCUT2D eigenvalue weighted by atomic mass is 32.2. The highest BCUT2D eigenvalue weighted by Gasteiger charge is 2.40. The number of hydrogen-bond donors (Lipinski definition) is 2. The van der Waals surface area contributed by atoms with Gasteiger partial charge in [-0.2, -0.15) is 0 Å². The maximum atomic E-state index is 11.9. The van der Waals surface area contributed by atoms with Gasteiger partial charge in [-0.1, -0.05) is 17.8 Å². The Morgan fingerprint density at radius 2 is 2.03 bits per heavy atom. The Hall–Kier alpha value is -1.49. The van der Waals surface area contributed by atoms with E-state index in [4.69, 9.17) is 21.2 Å². The third-order valence-electron chi connectivity index (χ3n) is 6.14. The number of pyridine rings is 1. The van der Waals surface area contributed by atoms with Gasteiger partial charge in [-0.3, -0.25) is 14.6 Å². The van der Waals surface area contributed by atoms with E-state index in [0.717, 1.165) is 75.2 Å². The highest BCUT2D eigenvalue weighted by Crippen LogP contribution is 2.49. The van der Waals surface area contributed by atoms with E-state index in [1.165, 1.54) is 27.8 Å². The molecule has 2 atom stereocenters. The van der Waals surface area contributed by atoms with Crippen molar-refractivity contribution in [2.75, 3.05) is 39.4 Å². The number of rotatable bonds is 6. The van der Waals surface area contributed by atoms with Crippen LogP contribution in [0.2, 0.25) is 0 Å². The van der Waals surface area contributed by atoms with E-state index in [0.29, 0.717) is 0 Å². The zero-order chi connectivity index (χ0) is 20.7. The third-order valence-corrected chi connectivity index (χ3v) is 8.34. The fourth-order valence-electron chi connectivity index (χ4n) is 4.64. The normalized spacial score (nSPS) is 24.2. The Bertz CT molecular complexity index is 930. The second-order valence-corrected chi connectivity index (χ2v) is 10.2. The molecule has 1 saturated heterocycles. The van der Waals surface area contributed by atoms with Crippen molar-refractivity contribution in [3.63, 3.8) is 0 Å². The average Bonchev–Trinajstić information content (AvgIpc) is 3.46. The lowest BCUT2D eigenvalue weighted by Crippen LogP contribution is -2.37. The van der Waals surface area contributed by atoms with E-state index in [9.17, 15) is 4.79 Å². The number of aromatic nitrogens is 1. The van der Waals surface area contributed by atoms with Crippen LogP contribution in [0, 0.1) is 0 Å². The molecule has 160 valence electrons. The molecule has 0 aliphatic carbocycles. The number of nitrogens with zero attached hydrogens (tertiary/aromatic N) is 3. The van der Waals surface area contributed by atoms with Crippen LogP contribution in [0.25, 0.3) is 10.4 Å².